The monoisotopic (exact) mass is 398 g/mol. The molecule has 0 aliphatic heterocycles. The van der Waals surface area contributed by atoms with E-state index >= 15 is 0 Å². The van der Waals surface area contributed by atoms with Crippen molar-refractivity contribution in [3.05, 3.63) is 82.9 Å². The lowest BCUT2D eigenvalue weighted by molar-refractivity contribution is 0.0998. The van der Waals surface area contributed by atoms with Gasteiger partial charge in [-0.15, -0.1) is 0 Å². The molecule has 3 rings (SSSR count). The van der Waals surface area contributed by atoms with Gasteiger partial charge in [-0.25, -0.2) is 0 Å². The van der Waals surface area contributed by atoms with E-state index in [0.717, 1.165) is 22.3 Å². The number of carbonyl (C=O) groups excluding carboxylic acids is 4. The summed E-state index contributed by atoms with van der Waals surface area (Å²) in [5.74, 6) is -0.412. The molecule has 30 heavy (non-hydrogen) atoms. The number of ketones is 4. The van der Waals surface area contributed by atoms with Gasteiger partial charge >= 0.3 is 0 Å². The predicted octanol–water partition coefficient (Wildman–Crippen LogP) is 5.83. The molecule has 0 aromatic heterocycles. The maximum Gasteiger partial charge on any atom is 0.159 e. The molecule has 4 heteroatoms. The van der Waals surface area contributed by atoms with E-state index in [0.29, 0.717) is 22.3 Å². The summed E-state index contributed by atoms with van der Waals surface area (Å²) < 4.78 is 0. The molecule has 0 amide bonds. The molecule has 0 saturated heterocycles. The Morgan fingerprint density at radius 2 is 0.633 bits per heavy atom. The quantitative estimate of drug-likeness (QED) is 0.490. The smallest absolute Gasteiger partial charge is 0.159 e. The third-order valence-electron chi connectivity index (χ3n) is 5.04. The molecule has 0 saturated carbocycles. The number of benzene rings is 3. The van der Waals surface area contributed by atoms with Gasteiger partial charge in [0.25, 0.3) is 0 Å². The predicted molar refractivity (Wildman–Crippen MR) is 117 cm³/mol. The highest BCUT2D eigenvalue weighted by Crippen LogP contribution is 2.28. The van der Waals surface area contributed by atoms with Gasteiger partial charge in [-0.3, -0.25) is 19.2 Å². The van der Waals surface area contributed by atoms with E-state index in [1.54, 1.807) is 36.4 Å². The van der Waals surface area contributed by atoms with E-state index in [4.69, 9.17) is 0 Å². The van der Waals surface area contributed by atoms with Crippen LogP contribution in [0.4, 0.5) is 0 Å². The fraction of sp³-hybridized carbons (Fsp3) is 0.154. The molecule has 0 bridgehead atoms. The summed E-state index contributed by atoms with van der Waals surface area (Å²) in [6, 6.07) is 17.9. The molecular weight excluding hydrogens is 376 g/mol. The van der Waals surface area contributed by atoms with Crippen LogP contribution >= 0.6 is 0 Å². The van der Waals surface area contributed by atoms with Gasteiger partial charge in [0.2, 0.25) is 0 Å². The first-order chi connectivity index (χ1) is 14.2. The molecule has 0 aliphatic rings. The molecular formula is C26H22O4. The zero-order chi connectivity index (χ0) is 22.0. The summed E-state index contributed by atoms with van der Waals surface area (Å²) in [6.07, 6.45) is 0. The zero-order valence-corrected chi connectivity index (χ0v) is 17.4. The fourth-order valence-corrected chi connectivity index (χ4v) is 3.26. The molecule has 150 valence electrons. The van der Waals surface area contributed by atoms with Crippen molar-refractivity contribution < 1.29 is 19.2 Å². The number of rotatable bonds is 6. The van der Waals surface area contributed by atoms with Crippen molar-refractivity contribution in [2.24, 2.45) is 0 Å². The molecule has 0 unspecified atom stereocenters. The molecule has 3 aromatic rings. The average molecular weight is 398 g/mol. The van der Waals surface area contributed by atoms with Crippen molar-refractivity contribution in [3.63, 3.8) is 0 Å². The third-order valence-corrected chi connectivity index (χ3v) is 5.04. The Kier molecular flexibility index (Phi) is 5.88. The van der Waals surface area contributed by atoms with Gasteiger partial charge in [-0.1, -0.05) is 24.3 Å². The normalized spacial score (nSPS) is 10.5. The lowest BCUT2D eigenvalue weighted by atomic mass is 9.94. The minimum atomic E-state index is -0.103. The Labute approximate surface area is 175 Å². The van der Waals surface area contributed by atoms with Crippen LogP contribution in [0.5, 0.6) is 0 Å². The topological polar surface area (TPSA) is 68.3 Å². The van der Waals surface area contributed by atoms with Gasteiger partial charge in [0, 0.05) is 22.3 Å². The van der Waals surface area contributed by atoms with E-state index in [-0.39, 0.29) is 23.1 Å². The maximum atomic E-state index is 11.9. The van der Waals surface area contributed by atoms with Crippen LogP contribution in [0.15, 0.2) is 60.7 Å². The Balaban J connectivity index is 2.06. The number of hydrogen-bond acceptors (Lipinski definition) is 4. The van der Waals surface area contributed by atoms with Gasteiger partial charge in [0.05, 0.1) is 0 Å². The van der Waals surface area contributed by atoms with E-state index in [2.05, 4.69) is 0 Å². The van der Waals surface area contributed by atoms with Gasteiger partial charge in [-0.05, 0) is 86.3 Å². The van der Waals surface area contributed by atoms with Crippen LogP contribution in [0, 0.1) is 0 Å². The van der Waals surface area contributed by atoms with Gasteiger partial charge in [0.15, 0.2) is 23.1 Å². The maximum absolute atomic E-state index is 11.9. The van der Waals surface area contributed by atoms with Crippen LogP contribution in [0.25, 0.3) is 22.3 Å². The molecule has 3 aromatic carbocycles. The largest absolute Gasteiger partial charge is 0.295 e. The van der Waals surface area contributed by atoms with Gasteiger partial charge < -0.3 is 0 Å². The third kappa shape index (κ3) is 4.49. The molecule has 0 radical (unpaired) electrons. The van der Waals surface area contributed by atoms with Crippen molar-refractivity contribution >= 4 is 23.1 Å². The highest BCUT2D eigenvalue weighted by molar-refractivity contribution is 6.02. The lowest BCUT2D eigenvalue weighted by Gasteiger charge is -2.10. The SMILES string of the molecule is CC(=O)c1cc(C(C)=O)cc(-c2ccc(-c3cc(C(C)=O)cc(C(C)=O)c3)cc2)c1. The summed E-state index contributed by atoms with van der Waals surface area (Å²) in [6.45, 7) is 5.89. The van der Waals surface area contributed by atoms with Crippen LogP contribution in [0.3, 0.4) is 0 Å². The highest BCUT2D eigenvalue weighted by Gasteiger charge is 2.12. The van der Waals surface area contributed by atoms with Crippen molar-refractivity contribution in [2.45, 2.75) is 27.7 Å². The Morgan fingerprint density at radius 1 is 0.400 bits per heavy atom. The number of carbonyl (C=O) groups is 4. The van der Waals surface area contributed by atoms with Crippen LogP contribution in [-0.4, -0.2) is 23.1 Å². The van der Waals surface area contributed by atoms with Crippen molar-refractivity contribution in [2.75, 3.05) is 0 Å². The fourth-order valence-electron chi connectivity index (χ4n) is 3.26. The summed E-state index contributed by atoms with van der Waals surface area (Å²) in [4.78, 5) is 47.4. The van der Waals surface area contributed by atoms with E-state index in [1.807, 2.05) is 24.3 Å². The summed E-state index contributed by atoms with van der Waals surface area (Å²) in [5, 5.41) is 0. The minimum Gasteiger partial charge on any atom is -0.295 e. The van der Waals surface area contributed by atoms with Crippen molar-refractivity contribution in [3.8, 4) is 22.3 Å². The van der Waals surface area contributed by atoms with Gasteiger partial charge in [-0.2, -0.15) is 0 Å². The molecule has 0 aliphatic carbocycles. The molecule has 0 N–H and O–H groups in total. The summed E-state index contributed by atoms with van der Waals surface area (Å²) in [7, 11) is 0. The highest BCUT2D eigenvalue weighted by atomic mass is 16.1. The minimum absolute atomic E-state index is 0.103. The van der Waals surface area contributed by atoms with Crippen LogP contribution < -0.4 is 0 Å². The average Bonchev–Trinajstić information content (AvgIpc) is 2.73. The summed E-state index contributed by atoms with van der Waals surface area (Å²) in [5.41, 5.74) is 5.23. The van der Waals surface area contributed by atoms with E-state index in [9.17, 15) is 19.2 Å². The van der Waals surface area contributed by atoms with Gasteiger partial charge in [0.1, 0.15) is 0 Å². The van der Waals surface area contributed by atoms with E-state index < -0.39 is 0 Å². The standard InChI is InChI=1S/C26H22O4/c1-15(27)21-9-22(16(2)28)12-25(11-21)19-5-7-20(8-6-19)26-13-23(17(3)29)10-24(14-26)18(4)30/h5-14H,1-4H3. The number of hydrogen-bond donors (Lipinski definition) is 0. The Hall–Kier alpha value is -3.66. The molecule has 0 heterocycles. The molecule has 0 atom stereocenters. The Morgan fingerprint density at radius 3 is 0.833 bits per heavy atom. The van der Waals surface area contributed by atoms with Crippen molar-refractivity contribution in [1.82, 2.24) is 0 Å². The van der Waals surface area contributed by atoms with Crippen LogP contribution in [0.1, 0.15) is 69.1 Å². The molecule has 0 fully saturated rings. The lowest BCUT2D eigenvalue weighted by Crippen LogP contribution is -2.00. The van der Waals surface area contributed by atoms with Crippen molar-refractivity contribution in [1.29, 1.82) is 0 Å². The second-order valence-electron chi connectivity index (χ2n) is 7.40. The molecule has 0 spiro atoms. The van der Waals surface area contributed by atoms with E-state index in [1.165, 1.54) is 27.7 Å². The Bertz CT molecular complexity index is 1030. The van der Waals surface area contributed by atoms with Crippen LogP contribution in [-0.2, 0) is 0 Å². The second-order valence-corrected chi connectivity index (χ2v) is 7.40. The first-order valence-corrected chi connectivity index (χ1v) is 9.60. The zero-order valence-electron chi connectivity index (χ0n) is 17.4. The number of Topliss-reactive ketones (excluding diaryl/α,β-unsaturated/α-hetero) is 4. The van der Waals surface area contributed by atoms with Crippen LogP contribution in [0.2, 0.25) is 0 Å². The molecule has 4 nitrogen and oxygen atoms in total. The first kappa shape index (κ1) is 21.1. The second kappa shape index (κ2) is 8.37. The summed E-state index contributed by atoms with van der Waals surface area (Å²) >= 11 is 0. The first-order valence-electron chi connectivity index (χ1n) is 9.60.